The van der Waals surface area contributed by atoms with Crippen molar-refractivity contribution < 1.29 is 13.9 Å². The van der Waals surface area contributed by atoms with Gasteiger partial charge in [0.1, 0.15) is 5.75 Å². The summed E-state index contributed by atoms with van der Waals surface area (Å²) in [6.07, 6.45) is 2.98. The molecule has 0 aliphatic rings. The minimum Gasteiger partial charge on any atom is -0.494 e. The fourth-order valence-electron chi connectivity index (χ4n) is 1.31. The summed E-state index contributed by atoms with van der Waals surface area (Å²) < 4.78 is 10.5. The molecule has 0 radical (unpaired) electrons. The van der Waals surface area contributed by atoms with E-state index in [1.165, 1.54) is 13.4 Å². The number of rotatable bonds is 3. The molecular weight excluding hydrogens is 274 g/mol. The predicted molar refractivity (Wildman–Crippen MR) is 60.6 cm³/mol. The molecule has 0 atom stereocenters. The van der Waals surface area contributed by atoms with Crippen LogP contribution < -0.4 is 4.74 Å². The zero-order valence-corrected chi connectivity index (χ0v) is 10.0. The summed E-state index contributed by atoms with van der Waals surface area (Å²) in [6.45, 7) is 0. The van der Waals surface area contributed by atoms with Gasteiger partial charge in [-0.05, 0) is 34.1 Å². The van der Waals surface area contributed by atoms with E-state index in [9.17, 15) is 4.79 Å². The summed E-state index contributed by atoms with van der Waals surface area (Å²) in [6, 6.07) is 4.98. The van der Waals surface area contributed by atoms with E-state index in [0.717, 1.165) is 0 Å². The van der Waals surface area contributed by atoms with Crippen molar-refractivity contribution in [3.8, 4) is 5.75 Å². The molecule has 2 aromatic rings. The van der Waals surface area contributed by atoms with Gasteiger partial charge in [-0.15, -0.1) is 0 Å². The molecule has 0 aliphatic carbocycles. The topological polar surface area (TPSA) is 52.3 Å². The number of nitrogens with zero attached hydrogens (tertiary/aromatic N) is 1. The highest BCUT2D eigenvalue weighted by Crippen LogP contribution is 2.24. The van der Waals surface area contributed by atoms with Crippen molar-refractivity contribution in [1.82, 2.24) is 4.98 Å². The van der Waals surface area contributed by atoms with Gasteiger partial charge in [0, 0.05) is 6.20 Å². The lowest BCUT2D eigenvalue weighted by Gasteiger charge is -2.04. The van der Waals surface area contributed by atoms with Crippen LogP contribution in [-0.2, 0) is 0 Å². The Bertz CT molecular complexity index is 521. The molecular formula is C11H8BrNO3. The van der Waals surface area contributed by atoms with Gasteiger partial charge < -0.3 is 9.15 Å². The Labute approximate surface area is 100 Å². The van der Waals surface area contributed by atoms with Crippen molar-refractivity contribution in [3.63, 3.8) is 0 Å². The van der Waals surface area contributed by atoms with E-state index in [4.69, 9.17) is 9.15 Å². The van der Waals surface area contributed by atoms with E-state index >= 15 is 0 Å². The second kappa shape index (κ2) is 4.49. The molecule has 2 aromatic heterocycles. The fraction of sp³-hybridized carbons (Fsp3) is 0.0909. The van der Waals surface area contributed by atoms with E-state index in [-0.39, 0.29) is 11.5 Å². The Morgan fingerprint density at radius 1 is 1.50 bits per heavy atom. The van der Waals surface area contributed by atoms with Gasteiger partial charge in [0.05, 0.1) is 18.9 Å². The maximum atomic E-state index is 12.1. The van der Waals surface area contributed by atoms with Crippen molar-refractivity contribution in [1.29, 1.82) is 0 Å². The Hall–Kier alpha value is -1.62. The van der Waals surface area contributed by atoms with Crippen molar-refractivity contribution >= 4 is 21.7 Å². The Kier molecular flexibility index (Phi) is 3.05. The number of methoxy groups -OCH3 is 1. The number of furan rings is 1. The molecule has 16 heavy (non-hydrogen) atoms. The van der Waals surface area contributed by atoms with Gasteiger partial charge in [0.2, 0.25) is 5.78 Å². The number of pyridine rings is 1. The summed E-state index contributed by atoms with van der Waals surface area (Å²) >= 11 is 3.15. The number of hydrogen-bond donors (Lipinski definition) is 0. The molecule has 0 fully saturated rings. The van der Waals surface area contributed by atoms with Crippen LogP contribution in [0.4, 0.5) is 0 Å². The highest BCUT2D eigenvalue weighted by Gasteiger charge is 2.19. The molecule has 0 N–H and O–H groups in total. The van der Waals surface area contributed by atoms with E-state index in [2.05, 4.69) is 20.9 Å². The summed E-state index contributed by atoms with van der Waals surface area (Å²) in [7, 11) is 1.50. The average molecular weight is 282 g/mol. The molecule has 2 heterocycles. The van der Waals surface area contributed by atoms with Crippen molar-refractivity contribution in [3.05, 3.63) is 46.6 Å². The van der Waals surface area contributed by atoms with Gasteiger partial charge in [-0.1, -0.05) is 0 Å². The maximum absolute atomic E-state index is 12.1. The molecule has 0 bridgehead atoms. The lowest BCUT2D eigenvalue weighted by molar-refractivity contribution is 0.102. The normalized spacial score (nSPS) is 10.1. The lowest BCUT2D eigenvalue weighted by atomic mass is 10.1. The first kappa shape index (κ1) is 10.9. The molecule has 0 aromatic carbocycles. The van der Waals surface area contributed by atoms with Gasteiger partial charge in [0.15, 0.2) is 10.4 Å². The van der Waals surface area contributed by atoms with Gasteiger partial charge >= 0.3 is 0 Å². The van der Waals surface area contributed by atoms with Crippen LogP contribution in [0.15, 0.2) is 39.7 Å². The molecule has 5 heteroatoms. The second-order valence-electron chi connectivity index (χ2n) is 2.99. The van der Waals surface area contributed by atoms with E-state index in [1.807, 2.05) is 0 Å². The zero-order chi connectivity index (χ0) is 11.5. The van der Waals surface area contributed by atoms with Crippen LogP contribution in [-0.4, -0.2) is 17.9 Å². The maximum Gasteiger partial charge on any atom is 0.219 e. The summed E-state index contributed by atoms with van der Waals surface area (Å²) in [5, 5.41) is 0. The molecule has 0 unspecified atom stereocenters. The first-order valence-corrected chi connectivity index (χ1v) is 5.30. The van der Waals surface area contributed by atoms with Crippen LogP contribution in [0.1, 0.15) is 16.1 Å². The van der Waals surface area contributed by atoms with E-state index < -0.39 is 0 Å². The van der Waals surface area contributed by atoms with Crippen LogP contribution in [0, 0.1) is 0 Å². The number of carbonyl (C=O) groups excluding carboxylic acids is 1. The summed E-state index contributed by atoms with van der Waals surface area (Å²) in [4.78, 5) is 16.1. The minimum absolute atomic E-state index is 0.238. The Balaban J connectivity index is 2.46. The molecule has 0 spiro atoms. The van der Waals surface area contributed by atoms with Gasteiger partial charge in [-0.2, -0.15) is 0 Å². The number of ether oxygens (including phenoxy) is 1. The standard InChI is InChI=1S/C11H8BrNO3/c1-15-8-3-2-5-13-9(8)10(14)7-4-6-16-11(7)12/h2-6H,1H3. The first-order chi connectivity index (χ1) is 7.74. The largest absolute Gasteiger partial charge is 0.494 e. The Morgan fingerprint density at radius 2 is 2.31 bits per heavy atom. The van der Waals surface area contributed by atoms with Gasteiger partial charge in [-0.25, -0.2) is 4.98 Å². The minimum atomic E-state index is -0.238. The molecule has 82 valence electrons. The van der Waals surface area contributed by atoms with Crippen molar-refractivity contribution in [2.75, 3.05) is 7.11 Å². The lowest BCUT2D eigenvalue weighted by Crippen LogP contribution is -2.05. The number of halogens is 1. The first-order valence-electron chi connectivity index (χ1n) is 4.50. The van der Waals surface area contributed by atoms with Gasteiger partial charge in [-0.3, -0.25) is 4.79 Å². The average Bonchev–Trinajstić information content (AvgIpc) is 2.74. The molecule has 0 saturated heterocycles. The number of hydrogen-bond acceptors (Lipinski definition) is 4. The van der Waals surface area contributed by atoms with Crippen LogP contribution in [0.3, 0.4) is 0 Å². The number of aromatic nitrogens is 1. The van der Waals surface area contributed by atoms with Crippen molar-refractivity contribution in [2.45, 2.75) is 0 Å². The number of ketones is 1. The van der Waals surface area contributed by atoms with Crippen LogP contribution in [0.25, 0.3) is 0 Å². The molecule has 0 saturated carbocycles. The van der Waals surface area contributed by atoms with E-state index in [0.29, 0.717) is 16.0 Å². The highest BCUT2D eigenvalue weighted by molar-refractivity contribution is 9.10. The van der Waals surface area contributed by atoms with E-state index in [1.54, 1.807) is 24.4 Å². The molecule has 4 nitrogen and oxygen atoms in total. The third-order valence-corrected chi connectivity index (χ3v) is 2.68. The fourth-order valence-corrected chi connectivity index (χ4v) is 1.73. The Morgan fingerprint density at radius 3 is 2.94 bits per heavy atom. The SMILES string of the molecule is COc1cccnc1C(=O)c1ccoc1Br. The third kappa shape index (κ3) is 1.86. The monoisotopic (exact) mass is 281 g/mol. The smallest absolute Gasteiger partial charge is 0.219 e. The quantitative estimate of drug-likeness (QED) is 0.812. The van der Waals surface area contributed by atoms with Crippen LogP contribution >= 0.6 is 15.9 Å². The zero-order valence-electron chi connectivity index (χ0n) is 8.44. The molecule has 2 rings (SSSR count). The van der Waals surface area contributed by atoms with Crippen LogP contribution in [0.5, 0.6) is 5.75 Å². The summed E-state index contributed by atoms with van der Waals surface area (Å²) in [5.41, 5.74) is 0.698. The molecule has 0 aliphatic heterocycles. The predicted octanol–water partition coefficient (Wildman–Crippen LogP) is 2.68. The molecule has 0 amide bonds. The second-order valence-corrected chi connectivity index (χ2v) is 3.71. The number of carbonyl (C=O) groups is 1. The van der Waals surface area contributed by atoms with Gasteiger partial charge in [0.25, 0.3) is 0 Å². The third-order valence-electron chi connectivity index (χ3n) is 2.07. The van der Waals surface area contributed by atoms with Crippen LogP contribution in [0.2, 0.25) is 0 Å². The highest BCUT2D eigenvalue weighted by atomic mass is 79.9. The van der Waals surface area contributed by atoms with Crippen molar-refractivity contribution in [2.24, 2.45) is 0 Å². The summed E-state index contributed by atoms with van der Waals surface area (Å²) in [5.74, 6) is 0.207.